The number of carbonyl (C=O) groups excluding carboxylic acids is 2. The molecule has 1 aromatic heterocycles. The molecule has 0 atom stereocenters. The first kappa shape index (κ1) is 13.9. The summed E-state index contributed by atoms with van der Waals surface area (Å²) in [5.41, 5.74) is 1.79. The number of nitrogens with one attached hydrogen (secondary N) is 2. The SMILES string of the molecule is Cc1ccc(NC(=O)CC(=O)NCc2ccco2)cc1. The molecule has 0 aliphatic rings. The third kappa shape index (κ3) is 4.28. The van der Waals surface area contributed by atoms with Crippen molar-refractivity contribution >= 4 is 17.5 Å². The van der Waals surface area contributed by atoms with Gasteiger partial charge in [-0.1, -0.05) is 17.7 Å². The summed E-state index contributed by atoms with van der Waals surface area (Å²) in [7, 11) is 0. The van der Waals surface area contributed by atoms with Crippen molar-refractivity contribution in [1.82, 2.24) is 5.32 Å². The highest BCUT2D eigenvalue weighted by atomic mass is 16.3. The molecule has 0 radical (unpaired) electrons. The van der Waals surface area contributed by atoms with Crippen LogP contribution in [0, 0.1) is 6.92 Å². The highest BCUT2D eigenvalue weighted by molar-refractivity contribution is 6.03. The number of amides is 2. The van der Waals surface area contributed by atoms with Gasteiger partial charge >= 0.3 is 0 Å². The van der Waals surface area contributed by atoms with Gasteiger partial charge in [0.1, 0.15) is 12.2 Å². The van der Waals surface area contributed by atoms with Crippen LogP contribution in [0.3, 0.4) is 0 Å². The van der Waals surface area contributed by atoms with Crippen molar-refractivity contribution in [2.24, 2.45) is 0 Å². The fourth-order valence-corrected chi connectivity index (χ4v) is 1.65. The molecule has 20 heavy (non-hydrogen) atoms. The molecular weight excluding hydrogens is 256 g/mol. The second kappa shape index (κ2) is 6.56. The van der Waals surface area contributed by atoms with Crippen molar-refractivity contribution in [3.63, 3.8) is 0 Å². The van der Waals surface area contributed by atoms with E-state index < -0.39 is 0 Å². The minimum Gasteiger partial charge on any atom is -0.467 e. The van der Waals surface area contributed by atoms with Crippen molar-refractivity contribution < 1.29 is 14.0 Å². The lowest BCUT2D eigenvalue weighted by Crippen LogP contribution is -2.27. The number of benzene rings is 1. The zero-order valence-corrected chi connectivity index (χ0v) is 11.2. The van der Waals surface area contributed by atoms with Crippen LogP contribution >= 0.6 is 0 Å². The molecule has 2 rings (SSSR count). The number of hydrogen-bond acceptors (Lipinski definition) is 3. The van der Waals surface area contributed by atoms with Crippen LogP contribution in [0.2, 0.25) is 0 Å². The van der Waals surface area contributed by atoms with E-state index in [0.717, 1.165) is 5.56 Å². The Morgan fingerprint density at radius 3 is 2.50 bits per heavy atom. The predicted octanol–water partition coefficient (Wildman–Crippen LogP) is 2.23. The van der Waals surface area contributed by atoms with Crippen molar-refractivity contribution in [2.75, 3.05) is 5.32 Å². The number of carbonyl (C=O) groups is 2. The molecule has 2 amide bonds. The average Bonchev–Trinajstić information content (AvgIpc) is 2.92. The maximum atomic E-state index is 11.7. The fourth-order valence-electron chi connectivity index (χ4n) is 1.65. The molecule has 0 bridgehead atoms. The van der Waals surface area contributed by atoms with E-state index in [9.17, 15) is 9.59 Å². The van der Waals surface area contributed by atoms with Crippen LogP contribution in [0.5, 0.6) is 0 Å². The summed E-state index contributed by atoms with van der Waals surface area (Å²) < 4.78 is 5.08. The van der Waals surface area contributed by atoms with Crippen LogP contribution in [0.4, 0.5) is 5.69 Å². The van der Waals surface area contributed by atoms with Crippen molar-refractivity contribution in [3.05, 3.63) is 54.0 Å². The standard InChI is InChI=1S/C15H16N2O3/c1-11-4-6-12(7-5-11)17-15(19)9-14(18)16-10-13-3-2-8-20-13/h2-8H,9-10H2,1H3,(H,16,18)(H,17,19). The average molecular weight is 272 g/mol. The highest BCUT2D eigenvalue weighted by Gasteiger charge is 2.09. The number of aryl methyl sites for hydroxylation is 1. The van der Waals surface area contributed by atoms with Crippen molar-refractivity contribution in [2.45, 2.75) is 19.9 Å². The maximum absolute atomic E-state index is 11.7. The van der Waals surface area contributed by atoms with Gasteiger partial charge in [0.25, 0.3) is 0 Å². The van der Waals surface area contributed by atoms with Crippen LogP contribution in [-0.2, 0) is 16.1 Å². The molecule has 0 aliphatic heterocycles. The first-order valence-corrected chi connectivity index (χ1v) is 6.29. The predicted molar refractivity (Wildman–Crippen MR) is 75.0 cm³/mol. The molecular formula is C15H16N2O3. The summed E-state index contributed by atoms with van der Waals surface area (Å²) in [6.45, 7) is 2.25. The lowest BCUT2D eigenvalue weighted by molar-refractivity contribution is -0.127. The van der Waals surface area contributed by atoms with Gasteiger partial charge in [0, 0.05) is 5.69 Å². The van der Waals surface area contributed by atoms with E-state index in [1.165, 1.54) is 6.26 Å². The van der Waals surface area contributed by atoms with Gasteiger partial charge in [0.15, 0.2) is 0 Å². The summed E-state index contributed by atoms with van der Waals surface area (Å²) in [5, 5.41) is 5.29. The Morgan fingerprint density at radius 1 is 1.10 bits per heavy atom. The van der Waals surface area contributed by atoms with E-state index >= 15 is 0 Å². The second-order valence-corrected chi connectivity index (χ2v) is 4.45. The Labute approximate surface area is 117 Å². The van der Waals surface area contributed by atoms with Crippen LogP contribution in [-0.4, -0.2) is 11.8 Å². The van der Waals surface area contributed by atoms with E-state index in [1.54, 1.807) is 24.3 Å². The van der Waals surface area contributed by atoms with E-state index in [0.29, 0.717) is 11.4 Å². The lowest BCUT2D eigenvalue weighted by Gasteiger charge is -2.06. The molecule has 0 saturated heterocycles. The molecule has 5 nitrogen and oxygen atoms in total. The number of anilines is 1. The van der Waals surface area contributed by atoms with Gasteiger partial charge in [-0.3, -0.25) is 9.59 Å². The molecule has 104 valence electrons. The number of rotatable bonds is 5. The van der Waals surface area contributed by atoms with Gasteiger partial charge in [-0.2, -0.15) is 0 Å². The van der Waals surface area contributed by atoms with Gasteiger partial charge in [-0.25, -0.2) is 0 Å². The Hall–Kier alpha value is -2.56. The number of hydrogen-bond donors (Lipinski definition) is 2. The summed E-state index contributed by atoms with van der Waals surface area (Å²) in [6.07, 6.45) is 1.32. The zero-order valence-electron chi connectivity index (χ0n) is 11.2. The van der Waals surface area contributed by atoms with Crippen molar-refractivity contribution in [1.29, 1.82) is 0 Å². The van der Waals surface area contributed by atoms with E-state index in [1.807, 2.05) is 19.1 Å². The Morgan fingerprint density at radius 2 is 1.85 bits per heavy atom. The van der Waals surface area contributed by atoms with Crippen molar-refractivity contribution in [3.8, 4) is 0 Å². The normalized spacial score (nSPS) is 10.1. The highest BCUT2D eigenvalue weighted by Crippen LogP contribution is 2.08. The van der Waals surface area contributed by atoms with Crippen LogP contribution in [0.15, 0.2) is 47.1 Å². The molecule has 2 aromatic rings. The van der Waals surface area contributed by atoms with Gasteiger partial charge < -0.3 is 15.1 Å². The van der Waals surface area contributed by atoms with Gasteiger partial charge in [-0.05, 0) is 31.2 Å². The molecule has 0 unspecified atom stereocenters. The number of furan rings is 1. The first-order valence-electron chi connectivity index (χ1n) is 6.29. The Balaban J connectivity index is 1.76. The molecule has 0 fully saturated rings. The van der Waals surface area contributed by atoms with Crippen LogP contribution in [0.1, 0.15) is 17.7 Å². The molecule has 2 N–H and O–H groups in total. The zero-order chi connectivity index (χ0) is 14.4. The maximum Gasteiger partial charge on any atom is 0.233 e. The lowest BCUT2D eigenvalue weighted by atomic mass is 10.2. The van der Waals surface area contributed by atoms with Gasteiger partial charge in [0.2, 0.25) is 11.8 Å². The second-order valence-electron chi connectivity index (χ2n) is 4.45. The quantitative estimate of drug-likeness (QED) is 0.820. The molecule has 5 heteroatoms. The summed E-state index contributed by atoms with van der Waals surface area (Å²) in [6, 6.07) is 10.9. The summed E-state index contributed by atoms with van der Waals surface area (Å²) in [4.78, 5) is 23.3. The van der Waals surface area contributed by atoms with Gasteiger partial charge in [0.05, 0.1) is 12.8 Å². The molecule has 0 saturated carbocycles. The summed E-state index contributed by atoms with van der Waals surface area (Å²) in [5.74, 6) is -0.0332. The molecule has 1 aromatic carbocycles. The molecule has 0 spiro atoms. The fraction of sp³-hybridized carbons (Fsp3) is 0.200. The smallest absolute Gasteiger partial charge is 0.233 e. The Bertz CT molecular complexity index is 574. The third-order valence-corrected chi connectivity index (χ3v) is 2.70. The van der Waals surface area contributed by atoms with E-state index in [4.69, 9.17) is 4.42 Å². The molecule has 0 aliphatic carbocycles. The van der Waals surface area contributed by atoms with E-state index in [2.05, 4.69) is 10.6 Å². The molecule has 1 heterocycles. The van der Waals surface area contributed by atoms with Crippen LogP contribution in [0.25, 0.3) is 0 Å². The third-order valence-electron chi connectivity index (χ3n) is 2.70. The topological polar surface area (TPSA) is 71.3 Å². The minimum absolute atomic E-state index is 0.214. The largest absolute Gasteiger partial charge is 0.467 e. The van der Waals surface area contributed by atoms with Crippen LogP contribution < -0.4 is 10.6 Å². The van der Waals surface area contributed by atoms with E-state index in [-0.39, 0.29) is 24.8 Å². The Kier molecular flexibility index (Phi) is 4.55. The van der Waals surface area contributed by atoms with Gasteiger partial charge in [-0.15, -0.1) is 0 Å². The summed E-state index contributed by atoms with van der Waals surface area (Å²) >= 11 is 0. The minimum atomic E-state index is -0.342. The monoisotopic (exact) mass is 272 g/mol. The first-order chi connectivity index (χ1) is 9.63.